The van der Waals surface area contributed by atoms with Crippen molar-refractivity contribution in [3.05, 3.63) is 54.6 Å². The highest BCUT2D eigenvalue weighted by molar-refractivity contribution is 5.92. The first-order valence-corrected chi connectivity index (χ1v) is 7.86. The molecule has 0 fully saturated rings. The van der Waals surface area contributed by atoms with Gasteiger partial charge in [-0.1, -0.05) is 30.3 Å². The highest BCUT2D eigenvalue weighted by Crippen LogP contribution is 2.14. The number of benzene rings is 2. The Morgan fingerprint density at radius 3 is 2.27 bits per heavy atom. The molecule has 0 aliphatic heterocycles. The predicted molar refractivity (Wildman–Crippen MR) is 96.4 cm³/mol. The van der Waals surface area contributed by atoms with Gasteiger partial charge < -0.3 is 16.0 Å². The van der Waals surface area contributed by atoms with Crippen molar-refractivity contribution in [2.24, 2.45) is 0 Å². The molecule has 3 N–H and O–H groups in total. The van der Waals surface area contributed by atoms with E-state index in [0.717, 1.165) is 5.56 Å². The molecule has 1 aromatic heterocycles. The first kappa shape index (κ1) is 17.1. The summed E-state index contributed by atoms with van der Waals surface area (Å²) in [6.45, 7) is -0.0575. The van der Waals surface area contributed by atoms with Crippen LogP contribution in [-0.4, -0.2) is 39.2 Å². The van der Waals surface area contributed by atoms with Crippen LogP contribution >= 0.6 is 0 Å². The van der Waals surface area contributed by atoms with Gasteiger partial charge in [0.05, 0.1) is 0 Å². The molecular weight excluding hydrogens is 334 g/mol. The SMILES string of the molecule is CNC(=O)Nc1ccc(NC(=O)Cn2nnc(-c3ccccc3)n2)cc1. The van der Waals surface area contributed by atoms with Gasteiger partial charge in [0, 0.05) is 24.0 Å². The Morgan fingerprint density at radius 1 is 0.962 bits per heavy atom. The Morgan fingerprint density at radius 2 is 1.62 bits per heavy atom. The van der Waals surface area contributed by atoms with E-state index in [2.05, 4.69) is 31.4 Å². The molecule has 3 aromatic rings. The zero-order valence-corrected chi connectivity index (χ0v) is 14.0. The van der Waals surface area contributed by atoms with Crippen LogP contribution in [0.3, 0.4) is 0 Å². The maximum absolute atomic E-state index is 12.1. The van der Waals surface area contributed by atoms with E-state index in [-0.39, 0.29) is 18.5 Å². The van der Waals surface area contributed by atoms with Gasteiger partial charge in [0.2, 0.25) is 11.7 Å². The van der Waals surface area contributed by atoms with E-state index < -0.39 is 0 Å². The number of anilines is 2. The fourth-order valence-electron chi connectivity index (χ4n) is 2.17. The number of tetrazole rings is 1. The lowest BCUT2D eigenvalue weighted by atomic mass is 10.2. The van der Waals surface area contributed by atoms with Crippen LogP contribution in [0.4, 0.5) is 16.2 Å². The van der Waals surface area contributed by atoms with E-state index >= 15 is 0 Å². The molecule has 3 amide bonds. The first-order valence-electron chi connectivity index (χ1n) is 7.86. The van der Waals surface area contributed by atoms with Crippen molar-refractivity contribution in [1.82, 2.24) is 25.5 Å². The Balaban J connectivity index is 1.57. The van der Waals surface area contributed by atoms with Gasteiger partial charge in [-0.3, -0.25) is 4.79 Å². The van der Waals surface area contributed by atoms with Crippen molar-refractivity contribution in [2.75, 3.05) is 17.7 Å². The lowest BCUT2D eigenvalue weighted by Gasteiger charge is -2.07. The topological polar surface area (TPSA) is 114 Å². The van der Waals surface area contributed by atoms with Gasteiger partial charge in [0.25, 0.3) is 0 Å². The van der Waals surface area contributed by atoms with E-state index in [1.807, 2.05) is 30.3 Å². The smallest absolute Gasteiger partial charge is 0.318 e. The van der Waals surface area contributed by atoms with Crippen LogP contribution in [0.15, 0.2) is 54.6 Å². The van der Waals surface area contributed by atoms with Crippen LogP contribution in [0.5, 0.6) is 0 Å². The number of hydrogen-bond acceptors (Lipinski definition) is 5. The second kappa shape index (κ2) is 7.88. The summed E-state index contributed by atoms with van der Waals surface area (Å²) >= 11 is 0. The Kier molecular flexibility index (Phi) is 5.18. The number of amides is 3. The van der Waals surface area contributed by atoms with Crippen molar-refractivity contribution in [3.63, 3.8) is 0 Å². The Labute approximate surface area is 149 Å². The molecule has 0 aliphatic carbocycles. The number of rotatable bonds is 5. The van der Waals surface area contributed by atoms with Gasteiger partial charge in [-0.05, 0) is 29.5 Å². The van der Waals surface area contributed by atoms with E-state index in [1.54, 1.807) is 24.3 Å². The fourth-order valence-corrected chi connectivity index (χ4v) is 2.17. The number of urea groups is 1. The minimum atomic E-state index is -0.312. The second-order valence-electron chi connectivity index (χ2n) is 5.34. The van der Waals surface area contributed by atoms with Crippen LogP contribution in [-0.2, 0) is 11.3 Å². The largest absolute Gasteiger partial charge is 0.341 e. The normalized spacial score (nSPS) is 10.2. The summed E-state index contributed by atoms with van der Waals surface area (Å²) in [4.78, 5) is 24.6. The van der Waals surface area contributed by atoms with Gasteiger partial charge in [-0.2, -0.15) is 4.80 Å². The summed E-state index contributed by atoms with van der Waals surface area (Å²) < 4.78 is 0. The molecule has 3 rings (SSSR count). The van der Waals surface area contributed by atoms with Gasteiger partial charge in [-0.15, -0.1) is 10.2 Å². The highest BCUT2D eigenvalue weighted by atomic mass is 16.2. The van der Waals surface area contributed by atoms with E-state index in [0.29, 0.717) is 17.2 Å². The van der Waals surface area contributed by atoms with Crippen LogP contribution in [0.2, 0.25) is 0 Å². The molecule has 0 unspecified atom stereocenters. The first-order chi connectivity index (χ1) is 12.6. The zero-order chi connectivity index (χ0) is 18.4. The predicted octanol–water partition coefficient (Wildman–Crippen LogP) is 1.73. The van der Waals surface area contributed by atoms with Crippen molar-refractivity contribution in [2.45, 2.75) is 6.54 Å². The summed E-state index contributed by atoms with van der Waals surface area (Å²) in [5, 5.41) is 19.9. The lowest BCUT2D eigenvalue weighted by molar-refractivity contribution is -0.117. The third kappa shape index (κ3) is 4.41. The standard InChI is InChI=1S/C17H17N7O2/c1-18-17(26)20-14-9-7-13(8-10-14)19-15(25)11-24-22-16(21-23-24)12-5-3-2-4-6-12/h2-10H,11H2,1H3,(H,19,25)(H2,18,20,26). The van der Waals surface area contributed by atoms with E-state index in [9.17, 15) is 9.59 Å². The van der Waals surface area contributed by atoms with Crippen LogP contribution in [0.25, 0.3) is 11.4 Å². The number of nitrogens with one attached hydrogen (secondary N) is 3. The van der Waals surface area contributed by atoms with Crippen molar-refractivity contribution in [3.8, 4) is 11.4 Å². The summed E-state index contributed by atoms with van der Waals surface area (Å²) in [6.07, 6.45) is 0. The molecule has 0 bridgehead atoms. The minimum Gasteiger partial charge on any atom is -0.341 e. The molecule has 0 atom stereocenters. The molecule has 1 heterocycles. The molecule has 0 saturated carbocycles. The molecule has 132 valence electrons. The number of aromatic nitrogens is 4. The molecule has 0 saturated heterocycles. The Hall–Kier alpha value is -3.75. The maximum Gasteiger partial charge on any atom is 0.318 e. The minimum absolute atomic E-state index is 0.0575. The number of hydrogen-bond donors (Lipinski definition) is 3. The van der Waals surface area contributed by atoms with Gasteiger partial charge in [-0.25, -0.2) is 4.79 Å². The van der Waals surface area contributed by atoms with Gasteiger partial charge >= 0.3 is 6.03 Å². The number of carbonyl (C=O) groups is 2. The molecule has 0 spiro atoms. The second-order valence-corrected chi connectivity index (χ2v) is 5.34. The average molecular weight is 351 g/mol. The van der Waals surface area contributed by atoms with Crippen molar-refractivity contribution >= 4 is 23.3 Å². The highest BCUT2D eigenvalue weighted by Gasteiger charge is 2.09. The van der Waals surface area contributed by atoms with Crippen LogP contribution < -0.4 is 16.0 Å². The lowest BCUT2D eigenvalue weighted by Crippen LogP contribution is -2.24. The van der Waals surface area contributed by atoms with Gasteiger partial charge in [0.1, 0.15) is 6.54 Å². The summed E-state index contributed by atoms with van der Waals surface area (Å²) in [5.41, 5.74) is 2.05. The molecule has 9 heteroatoms. The quantitative estimate of drug-likeness (QED) is 0.648. The number of nitrogens with zero attached hydrogens (tertiary/aromatic N) is 4. The Bertz CT molecular complexity index is 891. The van der Waals surface area contributed by atoms with E-state index in [4.69, 9.17) is 0 Å². The van der Waals surface area contributed by atoms with Crippen LogP contribution in [0, 0.1) is 0 Å². The fraction of sp³-hybridized carbons (Fsp3) is 0.118. The molecule has 2 aromatic carbocycles. The number of carbonyl (C=O) groups excluding carboxylic acids is 2. The molecule has 0 aliphatic rings. The van der Waals surface area contributed by atoms with E-state index in [1.165, 1.54) is 11.8 Å². The molecule has 9 nitrogen and oxygen atoms in total. The third-order valence-electron chi connectivity index (χ3n) is 3.42. The monoisotopic (exact) mass is 351 g/mol. The molecular formula is C17H17N7O2. The van der Waals surface area contributed by atoms with Crippen molar-refractivity contribution in [1.29, 1.82) is 0 Å². The maximum atomic E-state index is 12.1. The van der Waals surface area contributed by atoms with Crippen molar-refractivity contribution < 1.29 is 9.59 Å². The third-order valence-corrected chi connectivity index (χ3v) is 3.42. The average Bonchev–Trinajstić information content (AvgIpc) is 3.12. The molecule has 0 radical (unpaired) electrons. The van der Waals surface area contributed by atoms with Crippen LogP contribution in [0.1, 0.15) is 0 Å². The summed E-state index contributed by atoms with van der Waals surface area (Å²) in [7, 11) is 1.53. The summed E-state index contributed by atoms with van der Waals surface area (Å²) in [6, 6.07) is 15.8. The van der Waals surface area contributed by atoms with Gasteiger partial charge in [0.15, 0.2) is 0 Å². The zero-order valence-electron chi connectivity index (χ0n) is 14.0. The summed E-state index contributed by atoms with van der Waals surface area (Å²) in [5.74, 6) is 0.178. The molecule has 26 heavy (non-hydrogen) atoms.